The van der Waals surface area contributed by atoms with E-state index >= 15 is 0 Å². The van der Waals surface area contributed by atoms with Crippen LogP contribution in [-0.2, 0) is 11.2 Å². The Hall–Kier alpha value is -2.36. The number of nitrogens with zero attached hydrogens (tertiary/aromatic N) is 1. The number of ketones is 1. The highest BCUT2D eigenvalue weighted by molar-refractivity contribution is 5.81. The number of hydrogen-bond donors (Lipinski definition) is 0. The topological polar surface area (TPSA) is 29.5 Å². The van der Waals surface area contributed by atoms with Crippen LogP contribution in [0, 0.1) is 17.7 Å². The van der Waals surface area contributed by atoms with Gasteiger partial charge in [0.25, 0.3) is 0 Å². The fraction of sp³-hybridized carbons (Fsp3) is 0.458. The Morgan fingerprint density at radius 2 is 1.89 bits per heavy atom. The molecule has 1 aliphatic heterocycles. The van der Waals surface area contributed by atoms with Gasteiger partial charge in [0, 0.05) is 18.2 Å². The second-order valence-corrected chi connectivity index (χ2v) is 8.20. The lowest BCUT2D eigenvalue weighted by atomic mass is 10.0. The maximum absolute atomic E-state index is 13.1. The molecule has 2 aliphatic rings. The predicted octanol–water partition coefficient (Wildman–Crippen LogP) is 5.03. The molecule has 2 fully saturated rings. The summed E-state index contributed by atoms with van der Waals surface area (Å²) in [4.78, 5) is 13.7. The lowest BCUT2D eigenvalue weighted by Gasteiger charge is -2.34. The summed E-state index contributed by atoms with van der Waals surface area (Å²) in [5, 5.41) is 0. The lowest BCUT2D eigenvalue weighted by Crippen LogP contribution is -2.41. The number of carbonyl (C=O) groups is 1. The van der Waals surface area contributed by atoms with E-state index in [2.05, 4.69) is 29.2 Å². The summed E-state index contributed by atoms with van der Waals surface area (Å²) >= 11 is 0. The normalized spacial score (nSPS) is 24.1. The summed E-state index contributed by atoms with van der Waals surface area (Å²) in [7, 11) is 0. The first kappa shape index (κ1) is 19.0. The van der Waals surface area contributed by atoms with Crippen LogP contribution in [0.2, 0.25) is 0 Å². The number of hydrogen-bond acceptors (Lipinski definition) is 3. The number of carbonyl (C=O) groups excluding carboxylic acids is 1. The van der Waals surface area contributed by atoms with E-state index in [-0.39, 0.29) is 11.9 Å². The second kappa shape index (κ2) is 8.34. The Kier molecular flexibility index (Phi) is 5.65. The highest BCUT2D eigenvalue weighted by Gasteiger charge is 2.39. The molecule has 3 nitrogen and oxygen atoms in total. The molecule has 0 amide bonds. The van der Waals surface area contributed by atoms with E-state index in [1.165, 1.54) is 23.4 Å². The van der Waals surface area contributed by atoms with Crippen LogP contribution in [-0.4, -0.2) is 25.0 Å². The number of rotatable bonds is 7. The van der Waals surface area contributed by atoms with Gasteiger partial charge in [-0.15, -0.1) is 0 Å². The molecular formula is C24H28FNO2. The number of piperidine rings is 1. The minimum Gasteiger partial charge on any atom is -0.489 e. The van der Waals surface area contributed by atoms with Gasteiger partial charge in [0.1, 0.15) is 23.5 Å². The molecule has 4 heteroatoms. The minimum atomic E-state index is -0.240. The molecule has 28 heavy (non-hydrogen) atoms. The van der Waals surface area contributed by atoms with Gasteiger partial charge in [-0.25, -0.2) is 4.39 Å². The monoisotopic (exact) mass is 381 g/mol. The van der Waals surface area contributed by atoms with Crippen molar-refractivity contribution in [1.29, 1.82) is 0 Å². The molecule has 2 aromatic carbocycles. The fourth-order valence-electron chi connectivity index (χ4n) is 4.26. The van der Waals surface area contributed by atoms with Gasteiger partial charge in [-0.1, -0.05) is 12.1 Å². The van der Waals surface area contributed by atoms with E-state index in [4.69, 9.17) is 4.74 Å². The van der Waals surface area contributed by atoms with Gasteiger partial charge in [-0.05, 0) is 86.9 Å². The number of ether oxygens (including phenoxy) is 1. The molecule has 148 valence electrons. The molecule has 1 aliphatic carbocycles. The number of anilines is 1. The highest BCUT2D eigenvalue weighted by Crippen LogP contribution is 2.42. The molecule has 0 radical (unpaired) electrons. The van der Waals surface area contributed by atoms with Crippen LogP contribution >= 0.6 is 0 Å². The standard InChI is InChI=1S/C24H28FNO2/c1-17(27)24-15-19(24)7-4-18-5-10-21(11-6-18)26-14-2-3-23(16-26)28-22-12-8-20(25)9-13-22/h5-6,8-13,19,23-24H,2-4,7,14-16H2,1H3. The third-order valence-electron chi connectivity index (χ3n) is 6.04. The van der Waals surface area contributed by atoms with Crippen LogP contribution in [0.4, 0.5) is 10.1 Å². The molecule has 1 saturated carbocycles. The zero-order valence-corrected chi connectivity index (χ0v) is 16.4. The van der Waals surface area contributed by atoms with E-state index in [9.17, 15) is 9.18 Å². The first-order chi connectivity index (χ1) is 13.6. The Bertz CT molecular complexity index is 802. The summed E-state index contributed by atoms with van der Waals surface area (Å²) in [5.74, 6) is 1.76. The van der Waals surface area contributed by atoms with Gasteiger partial charge in [-0.3, -0.25) is 4.79 Å². The third kappa shape index (κ3) is 4.73. The average molecular weight is 381 g/mol. The van der Waals surface area contributed by atoms with Crippen LogP contribution in [0.5, 0.6) is 5.75 Å². The van der Waals surface area contributed by atoms with Crippen molar-refractivity contribution in [1.82, 2.24) is 0 Å². The Balaban J connectivity index is 1.29. The van der Waals surface area contributed by atoms with Crippen LogP contribution in [0.1, 0.15) is 38.2 Å². The van der Waals surface area contributed by atoms with Crippen molar-refractivity contribution in [3.63, 3.8) is 0 Å². The summed E-state index contributed by atoms with van der Waals surface area (Å²) < 4.78 is 19.1. The van der Waals surface area contributed by atoms with Crippen molar-refractivity contribution in [2.75, 3.05) is 18.0 Å². The van der Waals surface area contributed by atoms with E-state index in [0.717, 1.165) is 50.9 Å². The number of aryl methyl sites for hydroxylation is 1. The molecule has 2 aromatic rings. The minimum absolute atomic E-state index is 0.122. The van der Waals surface area contributed by atoms with E-state index in [1.807, 2.05) is 0 Å². The Morgan fingerprint density at radius 3 is 2.57 bits per heavy atom. The van der Waals surface area contributed by atoms with Crippen molar-refractivity contribution >= 4 is 11.5 Å². The first-order valence-electron chi connectivity index (χ1n) is 10.3. The third-order valence-corrected chi connectivity index (χ3v) is 6.04. The van der Waals surface area contributed by atoms with Crippen molar-refractivity contribution in [2.45, 2.75) is 45.1 Å². The quantitative estimate of drug-likeness (QED) is 0.674. The number of benzene rings is 2. The van der Waals surface area contributed by atoms with Gasteiger partial charge in [0.2, 0.25) is 0 Å². The molecule has 1 saturated heterocycles. The first-order valence-corrected chi connectivity index (χ1v) is 10.3. The van der Waals surface area contributed by atoms with Crippen molar-refractivity contribution in [2.24, 2.45) is 11.8 Å². The molecule has 0 aromatic heterocycles. The summed E-state index contributed by atoms with van der Waals surface area (Å²) in [6, 6.07) is 15.1. The molecule has 3 atom stereocenters. The maximum atomic E-state index is 13.1. The van der Waals surface area contributed by atoms with Gasteiger partial charge in [-0.2, -0.15) is 0 Å². The SMILES string of the molecule is CC(=O)C1CC1CCc1ccc(N2CCCC(Oc3ccc(F)cc3)C2)cc1. The average Bonchev–Trinajstić information content (AvgIpc) is 3.49. The second-order valence-electron chi connectivity index (χ2n) is 8.20. The van der Waals surface area contributed by atoms with E-state index in [0.29, 0.717) is 17.6 Å². The van der Waals surface area contributed by atoms with Crippen LogP contribution in [0.15, 0.2) is 48.5 Å². The molecule has 1 heterocycles. The molecule has 0 spiro atoms. The van der Waals surface area contributed by atoms with Gasteiger partial charge in [0.15, 0.2) is 0 Å². The summed E-state index contributed by atoms with van der Waals surface area (Å²) in [6.07, 6.45) is 5.46. The van der Waals surface area contributed by atoms with E-state index in [1.54, 1.807) is 19.1 Å². The number of Topliss-reactive ketones (excluding diaryl/α,β-unsaturated/α-hetero) is 1. The molecule has 0 bridgehead atoms. The molecule has 4 rings (SSSR count). The van der Waals surface area contributed by atoms with Gasteiger partial charge >= 0.3 is 0 Å². The fourth-order valence-corrected chi connectivity index (χ4v) is 4.26. The number of halogens is 1. The highest BCUT2D eigenvalue weighted by atomic mass is 19.1. The largest absolute Gasteiger partial charge is 0.489 e. The lowest BCUT2D eigenvalue weighted by molar-refractivity contribution is -0.118. The van der Waals surface area contributed by atoms with E-state index < -0.39 is 0 Å². The molecule has 3 unspecified atom stereocenters. The van der Waals surface area contributed by atoms with Crippen molar-refractivity contribution < 1.29 is 13.9 Å². The van der Waals surface area contributed by atoms with Crippen LogP contribution in [0.25, 0.3) is 0 Å². The zero-order valence-electron chi connectivity index (χ0n) is 16.4. The smallest absolute Gasteiger partial charge is 0.133 e. The van der Waals surface area contributed by atoms with Crippen molar-refractivity contribution in [3.05, 3.63) is 59.9 Å². The maximum Gasteiger partial charge on any atom is 0.133 e. The van der Waals surface area contributed by atoms with Crippen LogP contribution < -0.4 is 9.64 Å². The Morgan fingerprint density at radius 1 is 1.14 bits per heavy atom. The zero-order chi connectivity index (χ0) is 19.5. The predicted molar refractivity (Wildman–Crippen MR) is 109 cm³/mol. The van der Waals surface area contributed by atoms with Gasteiger partial charge in [0.05, 0.1) is 6.54 Å². The summed E-state index contributed by atoms with van der Waals surface area (Å²) in [5.41, 5.74) is 2.57. The van der Waals surface area contributed by atoms with Gasteiger partial charge < -0.3 is 9.64 Å². The van der Waals surface area contributed by atoms with Crippen molar-refractivity contribution in [3.8, 4) is 5.75 Å². The van der Waals surface area contributed by atoms with Crippen LogP contribution in [0.3, 0.4) is 0 Å². The molecule has 0 N–H and O–H groups in total. The summed E-state index contributed by atoms with van der Waals surface area (Å²) in [6.45, 7) is 3.59. The Labute approximate surface area is 166 Å². The molecular weight excluding hydrogens is 353 g/mol.